The number of benzene rings is 3. The van der Waals surface area contributed by atoms with Gasteiger partial charge in [0, 0.05) is 26.2 Å². The minimum Gasteiger partial charge on any atom is -0.338 e. The molecule has 3 aromatic carbocycles. The normalized spacial score (nSPS) is 15.6. The molecule has 0 aliphatic carbocycles. The topological polar surface area (TPSA) is 60.9 Å². The summed E-state index contributed by atoms with van der Waals surface area (Å²) >= 11 is 0. The van der Waals surface area contributed by atoms with E-state index in [0.29, 0.717) is 32.6 Å². The lowest BCUT2D eigenvalue weighted by Gasteiger charge is -2.41. The summed E-state index contributed by atoms with van der Waals surface area (Å²) in [5, 5.41) is 0. The summed E-state index contributed by atoms with van der Waals surface area (Å²) in [6.45, 7) is 4.10. The van der Waals surface area contributed by atoms with E-state index >= 15 is 0 Å². The summed E-state index contributed by atoms with van der Waals surface area (Å²) in [5.74, 6) is -0.697. The molecule has 1 heterocycles. The van der Waals surface area contributed by atoms with Crippen molar-refractivity contribution in [3.05, 3.63) is 102 Å². The average Bonchev–Trinajstić information content (AvgIpc) is 2.89. The lowest BCUT2D eigenvalue weighted by Crippen LogP contribution is -2.56. The van der Waals surface area contributed by atoms with Crippen molar-refractivity contribution in [2.24, 2.45) is 0 Å². The molecule has 1 saturated heterocycles. The molecule has 4 rings (SSSR count). The Balaban J connectivity index is 1.53. The van der Waals surface area contributed by atoms with E-state index in [0.717, 1.165) is 10.6 Å². The van der Waals surface area contributed by atoms with Crippen molar-refractivity contribution in [2.45, 2.75) is 25.4 Å². The van der Waals surface area contributed by atoms with Gasteiger partial charge in [0.2, 0.25) is 15.9 Å². The zero-order chi connectivity index (χ0) is 25.7. The molecule has 6 nitrogen and oxygen atoms in total. The fraction of sp³-hybridized carbons (Fsp3) is 0.321. The van der Waals surface area contributed by atoms with E-state index in [1.165, 1.54) is 35.4 Å². The number of nitrogens with zero attached hydrogens (tertiary/aromatic N) is 3. The number of amides is 1. The summed E-state index contributed by atoms with van der Waals surface area (Å²) < 4.78 is 40.0. The van der Waals surface area contributed by atoms with Crippen LogP contribution in [0.25, 0.3) is 0 Å². The molecule has 1 aliphatic heterocycles. The van der Waals surface area contributed by atoms with Gasteiger partial charge in [-0.15, -0.1) is 0 Å². The molecular formula is C28H32FN3O3S. The number of rotatable bonds is 8. The number of hydrogen-bond donors (Lipinski definition) is 0. The van der Waals surface area contributed by atoms with Crippen molar-refractivity contribution in [2.75, 3.05) is 36.7 Å². The Hall–Kier alpha value is -3.23. The van der Waals surface area contributed by atoms with Gasteiger partial charge < -0.3 is 4.90 Å². The monoisotopic (exact) mass is 509 g/mol. The molecule has 190 valence electrons. The van der Waals surface area contributed by atoms with Crippen molar-refractivity contribution in [1.29, 1.82) is 0 Å². The van der Waals surface area contributed by atoms with Crippen molar-refractivity contribution < 1.29 is 17.6 Å². The van der Waals surface area contributed by atoms with Gasteiger partial charge in [-0.2, -0.15) is 0 Å². The fourth-order valence-electron chi connectivity index (χ4n) is 4.93. The third-order valence-electron chi connectivity index (χ3n) is 6.61. The van der Waals surface area contributed by atoms with Gasteiger partial charge in [-0.1, -0.05) is 67.6 Å². The molecule has 36 heavy (non-hydrogen) atoms. The Kier molecular flexibility index (Phi) is 8.06. The second-order valence-corrected chi connectivity index (χ2v) is 10.9. The average molecular weight is 510 g/mol. The highest BCUT2D eigenvalue weighted by Gasteiger charge is 2.36. The van der Waals surface area contributed by atoms with E-state index in [4.69, 9.17) is 0 Å². The maximum Gasteiger partial charge on any atom is 0.246 e. The molecule has 0 N–H and O–H groups in total. The summed E-state index contributed by atoms with van der Waals surface area (Å²) in [6.07, 6.45) is 1.38. The molecule has 1 amide bonds. The first-order chi connectivity index (χ1) is 17.3. The van der Waals surface area contributed by atoms with Gasteiger partial charge in [0.1, 0.15) is 11.9 Å². The Morgan fingerprint density at radius 1 is 0.861 bits per heavy atom. The molecule has 8 heteroatoms. The first kappa shape index (κ1) is 25.9. The third-order valence-corrected chi connectivity index (χ3v) is 7.79. The molecule has 1 aliphatic rings. The number of piperazine rings is 1. The van der Waals surface area contributed by atoms with Crippen LogP contribution >= 0.6 is 0 Å². The maximum atomic E-state index is 13.6. The van der Waals surface area contributed by atoms with Crippen LogP contribution in [0.2, 0.25) is 0 Å². The number of carbonyl (C=O) groups is 1. The predicted molar refractivity (Wildman–Crippen MR) is 141 cm³/mol. The van der Waals surface area contributed by atoms with E-state index in [9.17, 15) is 17.6 Å². The highest BCUT2D eigenvalue weighted by atomic mass is 32.2. The van der Waals surface area contributed by atoms with E-state index < -0.39 is 21.9 Å². The molecule has 0 unspecified atom stereocenters. The standard InChI is InChI=1S/C28H32FN3O3S/c1-3-26(32(36(2,34)35)25-16-14-24(29)15-17-25)28(33)31-20-18-30(19-21-31)27(22-10-6-4-7-11-22)23-12-8-5-9-13-23/h4-17,26-27H,3,18-21H2,1-2H3/t26-/m1/s1. The van der Waals surface area contributed by atoms with Crippen molar-refractivity contribution >= 4 is 21.6 Å². The van der Waals surface area contributed by atoms with E-state index in [-0.39, 0.29) is 17.6 Å². The van der Waals surface area contributed by atoms with Crippen LogP contribution in [-0.2, 0) is 14.8 Å². The third kappa shape index (κ3) is 5.77. The molecule has 1 fully saturated rings. The van der Waals surface area contributed by atoms with Crippen LogP contribution in [0, 0.1) is 5.82 Å². The molecule has 0 saturated carbocycles. The fourth-order valence-corrected chi connectivity index (χ4v) is 6.13. The van der Waals surface area contributed by atoms with Crippen LogP contribution in [0.5, 0.6) is 0 Å². The molecule has 0 radical (unpaired) electrons. The van der Waals surface area contributed by atoms with Crippen LogP contribution in [0.1, 0.15) is 30.5 Å². The van der Waals surface area contributed by atoms with E-state index in [2.05, 4.69) is 29.2 Å². The number of sulfonamides is 1. The molecular weight excluding hydrogens is 477 g/mol. The first-order valence-electron chi connectivity index (χ1n) is 12.2. The lowest BCUT2D eigenvalue weighted by molar-refractivity contribution is -0.134. The zero-order valence-corrected chi connectivity index (χ0v) is 21.4. The van der Waals surface area contributed by atoms with Crippen LogP contribution in [0.3, 0.4) is 0 Å². The van der Waals surface area contributed by atoms with Gasteiger partial charge in [-0.3, -0.25) is 14.0 Å². The van der Waals surface area contributed by atoms with Crippen LogP contribution in [-0.4, -0.2) is 62.6 Å². The van der Waals surface area contributed by atoms with Crippen molar-refractivity contribution in [1.82, 2.24) is 9.80 Å². The second-order valence-electron chi connectivity index (χ2n) is 9.04. The minimum absolute atomic E-state index is 0.0679. The van der Waals surface area contributed by atoms with E-state index in [1.54, 1.807) is 11.8 Å². The Morgan fingerprint density at radius 3 is 1.81 bits per heavy atom. The van der Waals surface area contributed by atoms with Gasteiger partial charge in [-0.05, 0) is 41.8 Å². The van der Waals surface area contributed by atoms with Gasteiger partial charge in [0.25, 0.3) is 0 Å². The Bertz CT molecular complexity index is 1210. The minimum atomic E-state index is -3.77. The summed E-state index contributed by atoms with van der Waals surface area (Å²) in [7, 11) is -3.77. The van der Waals surface area contributed by atoms with Crippen LogP contribution < -0.4 is 4.31 Å². The van der Waals surface area contributed by atoms with Crippen molar-refractivity contribution in [3.63, 3.8) is 0 Å². The number of halogens is 1. The Morgan fingerprint density at radius 2 is 1.36 bits per heavy atom. The summed E-state index contributed by atoms with van der Waals surface area (Å²) in [6, 6.07) is 25.0. The molecule has 1 atom stereocenters. The number of carbonyl (C=O) groups excluding carboxylic acids is 1. The maximum absolute atomic E-state index is 13.6. The highest BCUT2D eigenvalue weighted by molar-refractivity contribution is 7.92. The van der Waals surface area contributed by atoms with Gasteiger partial charge in [0.05, 0.1) is 18.0 Å². The molecule has 0 aromatic heterocycles. The first-order valence-corrected chi connectivity index (χ1v) is 14.0. The molecule has 3 aromatic rings. The van der Waals surface area contributed by atoms with Gasteiger partial charge in [-0.25, -0.2) is 12.8 Å². The zero-order valence-electron chi connectivity index (χ0n) is 20.6. The van der Waals surface area contributed by atoms with Crippen LogP contribution in [0.4, 0.5) is 10.1 Å². The second kappa shape index (κ2) is 11.2. The molecule has 0 bridgehead atoms. The van der Waals surface area contributed by atoms with Crippen LogP contribution in [0.15, 0.2) is 84.9 Å². The van der Waals surface area contributed by atoms with Gasteiger partial charge >= 0.3 is 0 Å². The lowest BCUT2D eigenvalue weighted by atomic mass is 9.96. The number of hydrogen-bond acceptors (Lipinski definition) is 4. The number of anilines is 1. The smallest absolute Gasteiger partial charge is 0.246 e. The quantitative estimate of drug-likeness (QED) is 0.454. The molecule has 0 spiro atoms. The predicted octanol–water partition coefficient (Wildman–Crippen LogP) is 4.30. The van der Waals surface area contributed by atoms with Crippen molar-refractivity contribution in [3.8, 4) is 0 Å². The van der Waals surface area contributed by atoms with Gasteiger partial charge in [0.15, 0.2) is 0 Å². The highest BCUT2D eigenvalue weighted by Crippen LogP contribution is 2.30. The Labute approximate surface area is 213 Å². The summed E-state index contributed by atoms with van der Waals surface area (Å²) in [5.41, 5.74) is 2.66. The largest absolute Gasteiger partial charge is 0.338 e. The summed E-state index contributed by atoms with van der Waals surface area (Å²) in [4.78, 5) is 17.7. The SMILES string of the molecule is CC[C@H](C(=O)N1CCN(C(c2ccccc2)c2ccccc2)CC1)N(c1ccc(F)cc1)S(C)(=O)=O. The van der Waals surface area contributed by atoms with E-state index in [1.807, 2.05) is 36.4 Å².